The number of benzene rings is 1. The van der Waals surface area contributed by atoms with Crippen molar-refractivity contribution in [3.05, 3.63) is 66.0 Å². The number of pyridine rings is 1. The van der Waals surface area contributed by atoms with E-state index in [9.17, 15) is 5.11 Å². The van der Waals surface area contributed by atoms with Gasteiger partial charge in [-0.05, 0) is 30.5 Å². The van der Waals surface area contributed by atoms with Gasteiger partial charge in [0.05, 0.1) is 5.60 Å². The fourth-order valence-corrected chi connectivity index (χ4v) is 3.00. The van der Waals surface area contributed by atoms with Crippen molar-refractivity contribution < 1.29 is 5.11 Å². The van der Waals surface area contributed by atoms with Crippen LogP contribution in [0, 0.1) is 0 Å². The van der Waals surface area contributed by atoms with Crippen LogP contribution in [0.15, 0.2) is 54.7 Å². The van der Waals surface area contributed by atoms with Crippen LogP contribution < -0.4 is 0 Å². The van der Waals surface area contributed by atoms with Gasteiger partial charge >= 0.3 is 0 Å². The van der Waals surface area contributed by atoms with E-state index in [1.54, 1.807) is 0 Å². The first kappa shape index (κ1) is 14.2. The van der Waals surface area contributed by atoms with Gasteiger partial charge in [-0.1, -0.05) is 36.4 Å². The molecule has 1 N–H and O–H groups in total. The van der Waals surface area contributed by atoms with Gasteiger partial charge in [0.1, 0.15) is 0 Å². The lowest BCUT2D eigenvalue weighted by molar-refractivity contribution is -0.0256. The van der Waals surface area contributed by atoms with E-state index in [1.165, 1.54) is 0 Å². The number of likely N-dealkylation sites (tertiary alicyclic amines) is 1. The molecule has 1 aromatic heterocycles. The van der Waals surface area contributed by atoms with E-state index in [0.29, 0.717) is 0 Å². The maximum absolute atomic E-state index is 10.8. The van der Waals surface area contributed by atoms with Crippen molar-refractivity contribution in [2.24, 2.45) is 0 Å². The second-order valence-electron chi connectivity index (χ2n) is 5.81. The lowest BCUT2D eigenvalue weighted by atomic mass is 9.84. The highest BCUT2D eigenvalue weighted by Crippen LogP contribution is 2.32. The van der Waals surface area contributed by atoms with Crippen molar-refractivity contribution in [2.45, 2.75) is 24.9 Å². The van der Waals surface area contributed by atoms with Gasteiger partial charge in [0.15, 0.2) is 0 Å². The summed E-state index contributed by atoms with van der Waals surface area (Å²) in [5, 5.41) is 10.8. The van der Waals surface area contributed by atoms with Crippen LogP contribution in [0.25, 0.3) is 0 Å². The van der Waals surface area contributed by atoms with Crippen LogP contribution in [-0.2, 0) is 12.0 Å². The monoisotopic (exact) mass is 282 g/mol. The van der Waals surface area contributed by atoms with E-state index in [2.05, 4.69) is 16.0 Å². The molecule has 2 heterocycles. The predicted molar refractivity (Wildman–Crippen MR) is 84.0 cm³/mol. The average Bonchev–Trinajstić information content (AvgIpc) is 2.56. The summed E-state index contributed by atoms with van der Waals surface area (Å²) in [6.07, 6.45) is 4.43. The van der Waals surface area contributed by atoms with Gasteiger partial charge in [0, 0.05) is 37.9 Å². The Labute approximate surface area is 126 Å². The standard InChI is InChI=1S/C18H22N2O/c21-18(16-6-2-1-3-7-16)10-14-20(15-11-18)13-9-17-8-4-5-12-19-17/h1-8,12,21H,9-11,13-15H2. The molecule has 1 aliphatic heterocycles. The van der Waals surface area contributed by atoms with Gasteiger partial charge in [-0.2, -0.15) is 0 Å². The molecule has 1 aromatic carbocycles. The molecule has 1 fully saturated rings. The third-order valence-electron chi connectivity index (χ3n) is 4.40. The van der Waals surface area contributed by atoms with Crippen molar-refractivity contribution in [2.75, 3.05) is 19.6 Å². The normalized spacial score (nSPS) is 18.5. The smallest absolute Gasteiger partial charge is 0.0920 e. The van der Waals surface area contributed by atoms with E-state index in [-0.39, 0.29) is 0 Å². The third-order valence-corrected chi connectivity index (χ3v) is 4.40. The first-order valence-corrected chi connectivity index (χ1v) is 7.66. The van der Waals surface area contributed by atoms with Crippen molar-refractivity contribution in [1.82, 2.24) is 9.88 Å². The number of hydrogen-bond acceptors (Lipinski definition) is 3. The summed E-state index contributed by atoms with van der Waals surface area (Å²) in [5.41, 5.74) is 1.54. The van der Waals surface area contributed by atoms with E-state index >= 15 is 0 Å². The fourth-order valence-electron chi connectivity index (χ4n) is 3.00. The molecular weight excluding hydrogens is 260 g/mol. The van der Waals surface area contributed by atoms with Crippen LogP contribution in [0.1, 0.15) is 24.1 Å². The maximum Gasteiger partial charge on any atom is 0.0920 e. The third kappa shape index (κ3) is 3.49. The van der Waals surface area contributed by atoms with E-state index < -0.39 is 5.60 Å². The molecule has 110 valence electrons. The molecule has 3 rings (SSSR count). The van der Waals surface area contributed by atoms with Crippen molar-refractivity contribution in [1.29, 1.82) is 0 Å². The van der Waals surface area contributed by atoms with Gasteiger partial charge in [-0.3, -0.25) is 4.98 Å². The largest absolute Gasteiger partial charge is 0.385 e. The number of rotatable bonds is 4. The number of aliphatic hydroxyl groups is 1. The Morgan fingerprint density at radius 2 is 1.71 bits per heavy atom. The molecule has 3 heteroatoms. The molecule has 21 heavy (non-hydrogen) atoms. The molecule has 1 saturated heterocycles. The lowest BCUT2D eigenvalue weighted by Gasteiger charge is -2.38. The molecule has 1 aliphatic rings. The number of hydrogen-bond donors (Lipinski definition) is 1. The molecular formula is C18H22N2O. The molecule has 0 radical (unpaired) electrons. The Kier molecular flexibility index (Phi) is 4.32. The van der Waals surface area contributed by atoms with Gasteiger partial charge in [0.2, 0.25) is 0 Å². The molecule has 0 aliphatic carbocycles. The Balaban J connectivity index is 1.53. The predicted octanol–water partition coefficient (Wildman–Crippen LogP) is 2.61. The molecule has 3 nitrogen and oxygen atoms in total. The van der Waals surface area contributed by atoms with Gasteiger partial charge in [0.25, 0.3) is 0 Å². The molecule has 2 aromatic rings. The summed E-state index contributed by atoms with van der Waals surface area (Å²) in [4.78, 5) is 6.79. The highest BCUT2D eigenvalue weighted by Gasteiger charge is 2.33. The molecule has 0 bridgehead atoms. The fraction of sp³-hybridized carbons (Fsp3) is 0.389. The second kappa shape index (κ2) is 6.37. The second-order valence-corrected chi connectivity index (χ2v) is 5.81. The lowest BCUT2D eigenvalue weighted by Crippen LogP contribution is -2.43. The molecule has 0 spiro atoms. The van der Waals surface area contributed by atoms with Gasteiger partial charge in [-0.25, -0.2) is 0 Å². The minimum Gasteiger partial charge on any atom is -0.385 e. The van der Waals surface area contributed by atoms with Gasteiger partial charge < -0.3 is 10.0 Å². The maximum atomic E-state index is 10.8. The minimum absolute atomic E-state index is 0.650. The quantitative estimate of drug-likeness (QED) is 0.936. The summed E-state index contributed by atoms with van der Waals surface area (Å²) < 4.78 is 0. The molecule has 0 amide bonds. The van der Waals surface area contributed by atoms with Crippen LogP contribution in [0.5, 0.6) is 0 Å². The van der Waals surface area contributed by atoms with E-state index in [0.717, 1.165) is 50.2 Å². The number of nitrogens with zero attached hydrogens (tertiary/aromatic N) is 2. The van der Waals surface area contributed by atoms with Crippen LogP contribution in [0.4, 0.5) is 0 Å². The summed E-state index contributed by atoms with van der Waals surface area (Å²) in [6, 6.07) is 16.1. The highest BCUT2D eigenvalue weighted by molar-refractivity contribution is 5.23. The van der Waals surface area contributed by atoms with Crippen LogP contribution in [0.3, 0.4) is 0 Å². The van der Waals surface area contributed by atoms with Crippen molar-refractivity contribution >= 4 is 0 Å². The van der Waals surface area contributed by atoms with Crippen LogP contribution in [-0.4, -0.2) is 34.6 Å². The molecule has 0 saturated carbocycles. The average molecular weight is 282 g/mol. The highest BCUT2D eigenvalue weighted by atomic mass is 16.3. The first-order valence-electron chi connectivity index (χ1n) is 7.66. The SMILES string of the molecule is OC1(c2ccccc2)CCN(CCc2ccccn2)CC1. The Morgan fingerprint density at radius 1 is 1.00 bits per heavy atom. The summed E-state index contributed by atoms with van der Waals surface area (Å²) in [5.74, 6) is 0. The van der Waals surface area contributed by atoms with Crippen molar-refractivity contribution in [3.63, 3.8) is 0 Å². The Bertz CT molecular complexity index is 548. The summed E-state index contributed by atoms with van der Waals surface area (Å²) >= 11 is 0. The summed E-state index contributed by atoms with van der Waals surface area (Å²) in [7, 11) is 0. The zero-order valence-electron chi connectivity index (χ0n) is 12.3. The van der Waals surface area contributed by atoms with E-state index in [4.69, 9.17) is 0 Å². The Hall–Kier alpha value is -1.71. The zero-order valence-corrected chi connectivity index (χ0v) is 12.3. The number of aromatic nitrogens is 1. The summed E-state index contributed by atoms with van der Waals surface area (Å²) in [6.45, 7) is 2.90. The van der Waals surface area contributed by atoms with Crippen LogP contribution >= 0.6 is 0 Å². The van der Waals surface area contributed by atoms with Gasteiger partial charge in [-0.15, -0.1) is 0 Å². The molecule has 0 unspecified atom stereocenters. The van der Waals surface area contributed by atoms with Crippen molar-refractivity contribution in [3.8, 4) is 0 Å². The number of piperidine rings is 1. The minimum atomic E-state index is -0.650. The van der Waals surface area contributed by atoms with E-state index in [1.807, 2.05) is 48.7 Å². The Morgan fingerprint density at radius 3 is 2.38 bits per heavy atom. The molecule has 0 atom stereocenters. The van der Waals surface area contributed by atoms with Crippen LogP contribution in [0.2, 0.25) is 0 Å². The first-order chi connectivity index (χ1) is 10.3. The topological polar surface area (TPSA) is 36.4 Å². The zero-order chi connectivity index (χ0) is 14.5.